The van der Waals surface area contributed by atoms with Gasteiger partial charge in [0.1, 0.15) is 42.3 Å². The molecule has 13 heteroatoms. The van der Waals surface area contributed by atoms with Crippen LogP contribution in [0.25, 0.3) is 5.52 Å². The van der Waals surface area contributed by atoms with E-state index in [9.17, 15) is 19.6 Å². The second-order valence-corrected chi connectivity index (χ2v) is 9.90. The maximum absolute atomic E-state index is 12.3. The van der Waals surface area contributed by atoms with E-state index in [4.69, 9.17) is 30.8 Å². The van der Waals surface area contributed by atoms with Crippen molar-refractivity contribution in [1.29, 1.82) is 5.26 Å². The second-order valence-electron chi connectivity index (χ2n) is 9.90. The Morgan fingerprint density at radius 2 is 1.92 bits per heavy atom. The zero-order valence-electron chi connectivity index (χ0n) is 21.8. The van der Waals surface area contributed by atoms with Crippen LogP contribution in [0.5, 0.6) is 0 Å². The molecule has 5 N–H and O–H groups in total. The lowest BCUT2D eigenvalue weighted by molar-refractivity contribution is -0.163. The molecule has 0 aliphatic carbocycles. The van der Waals surface area contributed by atoms with E-state index in [2.05, 4.69) is 16.2 Å². The number of carboxylic acid groups (broad SMARTS) is 1. The summed E-state index contributed by atoms with van der Waals surface area (Å²) in [6.45, 7) is 9.46. The van der Waals surface area contributed by atoms with Crippen LogP contribution in [0.2, 0.25) is 0 Å². The minimum absolute atomic E-state index is 0.0201. The smallest absolute Gasteiger partial charge is 0.325 e. The summed E-state index contributed by atoms with van der Waals surface area (Å²) in [6, 6.07) is 5.50. The molecular formula is C24H34N6O7. The van der Waals surface area contributed by atoms with E-state index in [0.717, 1.165) is 0 Å². The maximum Gasteiger partial charge on any atom is 0.325 e. The normalized spacial score (nSPS) is 21.3. The first kappa shape index (κ1) is 29.5. The number of nitrogens with zero attached hydrogens (tertiary/aromatic N) is 4. The minimum atomic E-state index is -1.51. The predicted molar refractivity (Wildman–Crippen MR) is 131 cm³/mol. The highest BCUT2D eigenvalue weighted by atomic mass is 16.6. The molecule has 0 saturated carbocycles. The number of anilines is 1. The van der Waals surface area contributed by atoms with Crippen molar-refractivity contribution < 1.29 is 33.7 Å². The molecule has 37 heavy (non-hydrogen) atoms. The molecule has 1 fully saturated rings. The van der Waals surface area contributed by atoms with E-state index in [1.54, 1.807) is 39.8 Å². The fourth-order valence-corrected chi connectivity index (χ4v) is 3.24. The first-order valence-corrected chi connectivity index (χ1v) is 11.7. The van der Waals surface area contributed by atoms with Gasteiger partial charge in [-0.25, -0.2) is 9.50 Å². The van der Waals surface area contributed by atoms with Gasteiger partial charge < -0.3 is 30.8 Å². The number of ether oxygens (including phenoxy) is 3. The predicted octanol–water partition coefficient (Wildman–Crippen LogP) is 1.39. The lowest BCUT2D eigenvalue weighted by Gasteiger charge is -2.23. The van der Waals surface area contributed by atoms with Gasteiger partial charge in [-0.1, -0.05) is 27.7 Å². The maximum atomic E-state index is 12.3. The molecule has 0 radical (unpaired) electrons. The lowest BCUT2D eigenvalue weighted by atomic mass is 9.96. The molecule has 13 nitrogen and oxygen atoms in total. The number of hydrogen-bond acceptors (Lipinski definition) is 11. The molecule has 2 aromatic heterocycles. The van der Waals surface area contributed by atoms with Gasteiger partial charge in [0.05, 0.1) is 17.5 Å². The van der Waals surface area contributed by atoms with Gasteiger partial charge in [0, 0.05) is 6.42 Å². The number of aromatic nitrogens is 3. The van der Waals surface area contributed by atoms with E-state index in [-0.39, 0.29) is 30.7 Å². The number of aliphatic carboxylic acids is 1. The fraction of sp³-hybridized carbons (Fsp3) is 0.583. The summed E-state index contributed by atoms with van der Waals surface area (Å²) >= 11 is 0. The zero-order chi connectivity index (χ0) is 28.1. The van der Waals surface area contributed by atoms with Gasteiger partial charge in [-0.3, -0.25) is 14.4 Å². The van der Waals surface area contributed by atoms with Crippen LogP contribution in [0.4, 0.5) is 5.82 Å². The van der Waals surface area contributed by atoms with Crippen molar-refractivity contribution in [2.45, 2.75) is 71.3 Å². The third-order valence-electron chi connectivity index (χ3n) is 5.47. The number of rotatable bonds is 7. The van der Waals surface area contributed by atoms with Crippen molar-refractivity contribution in [2.75, 3.05) is 12.3 Å². The van der Waals surface area contributed by atoms with Crippen LogP contribution in [-0.4, -0.2) is 62.0 Å². The summed E-state index contributed by atoms with van der Waals surface area (Å²) in [4.78, 5) is 38.0. The van der Waals surface area contributed by atoms with E-state index in [1.165, 1.54) is 24.7 Å². The van der Waals surface area contributed by atoms with Crippen molar-refractivity contribution in [3.8, 4) is 6.07 Å². The van der Waals surface area contributed by atoms with E-state index in [0.29, 0.717) is 11.2 Å². The van der Waals surface area contributed by atoms with Gasteiger partial charge in [0.2, 0.25) is 5.60 Å². The molecule has 0 spiro atoms. The SMILES string of the molecule is CC(C)C(=O)O.CC(C)C(=O)OC1CC(C#N)(c2ccc3c(N)ncnn23)OC1COC(=O)C(C)(C)N. The van der Waals surface area contributed by atoms with Crippen LogP contribution in [0.15, 0.2) is 18.5 Å². The summed E-state index contributed by atoms with van der Waals surface area (Å²) in [7, 11) is 0. The molecular weight excluding hydrogens is 484 g/mol. The molecule has 0 bridgehead atoms. The topological polar surface area (TPSA) is 205 Å². The molecule has 1 saturated heterocycles. The molecule has 202 valence electrons. The van der Waals surface area contributed by atoms with E-state index >= 15 is 0 Å². The Morgan fingerprint density at radius 1 is 1.30 bits per heavy atom. The fourth-order valence-electron chi connectivity index (χ4n) is 3.24. The number of hydrogen-bond donors (Lipinski definition) is 3. The molecule has 1 aliphatic rings. The summed E-state index contributed by atoms with van der Waals surface area (Å²) < 4.78 is 18.4. The number of nitrogens with two attached hydrogens (primary N) is 2. The molecule has 2 aromatic rings. The lowest BCUT2D eigenvalue weighted by Crippen LogP contribution is -2.44. The average Bonchev–Trinajstić information content (AvgIpc) is 3.40. The Kier molecular flexibility index (Phi) is 9.18. The minimum Gasteiger partial charge on any atom is -0.481 e. The number of carboxylic acids is 1. The average molecular weight is 519 g/mol. The summed E-state index contributed by atoms with van der Waals surface area (Å²) in [5, 5.41) is 22.2. The van der Waals surface area contributed by atoms with Gasteiger partial charge >= 0.3 is 17.9 Å². The molecule has 0 aromatic carbocycles. The first-order valence-electron chi connectivity index (χ1n) is 11.7. The van der Waals surface area contributed by atoms with Crippen molar-refractivity contribution >= 4 is 29.2 Å². The highest BCUT2D eigenvalue weighted by molar-refractivity contribution is 5.79. The Balaban J connectivity index is 0.000000717. The van der Waals surface area contributed by atoms with Crippen LogP contribution < -0.4 is 11.5 Å². The van der Waals surface area contributed by atoms with Crippen molar-refractivity contribution in [3.63, 3.8) is 0 Å². The van der Waals surface area contributed by atoms with Gasteiger partial charge in [-0.15, -0.1) is 0 Å². The first-order chi connectivity index (χ1) is 17.1. The Bertz CT molecular complexity index is 1180. The number of carbonyl (C=O) groups is 3. The summed E-state index contributed by atoms with van der Waals surface area (Å²) in [5.74, 6) is -2.21. The monoisotopic (exact) mass is 518 g/mol. The quantitative estimate of drug-likeness (QED) is 0.445. The highest BCUT2D eigenvalue weighted by Crippen LogP contribution is 2.41. The number of fused-ring (bicyclic) bond motifs is 1. The van der Waals surface area contributed by atoms with Crippen LogP contribution in [-0.2, 0) is 34.2 Å². The van der Waals surface area contributed by atoms with Gasteiger partial charge in [-0.2, -0.15) is 10.4 Å². The second kappa shape index (κ2) is 11.5. The van der Waals surface area contributed by atoms with Crippen LogP contribution in [0.3, 0.4) is 0 Å². The zero-order valence-corrected chi connectivity index (χ0v) is 21.8. The molecule has 3 atom stereocenters. The third kappa shape index (κ3) is 6.93. The molecule has 0 amide bonds. The van der Waals surface area contributed by atoms with E-state index in [1.807, 2.05) is 0 Å². The van der Waals surface area contributed by atoms with Gasteiger partial charge in [0.15, 0.2) is 5.82 Å². The largest absolute Gasteiger partial charge is 0.481 e. The number of nitriles is 1. The Hall–Kier alpha value is -3.76. The van der Waals surface area contributed by atoms with Crippen LogP contribution >= 0.6 is 0 Å². The molecule has 3 heterocycles. The Morgan fingerprint density at radius 3 is 2.43 bits per heavy atom. The van der Waals surface area contributed by atoms with Gasteiger partial charge in [-0.05, 0) is 26.0 Å². The van der Waals surface area contributed by atoms with E-state index < -0.39 is 41.3 Å². The van der Waals surface area contributed by atoms with Gasteiger partial charge in [0.25, 0.3) is 0 Å². The molecule has 3 unspecified atom stereocenters. The van der Waals surface area contributed by atoms with Crippen molar-refractivity contribution in [3.05, 3.63) is 24.2 Å². The Labute approximate surface area is 214 Å². The van der Waals surface area contributed by atoms with Crippen LogP contribution in [0.1, 0.15) is 53.7 Å². The third-order valence-corrected chi connectivity index (χ3v) is 5.47. The summed E-state index contributed by atoms with van der Waals surface area (Å²) in [6.07, 6.45) is -0.414. The number of carbonyl (C=O) groups excluding carboxylic acids is 2. The molecule has 3 rings (SSSR count). The molecule has 1 aliphatic heterocycles. The highest BCUT2D eigenvalue weighted by Gasteiger charge is 2.52. The standard InChI is InChI=1S/C20H26N6O5.C4H8O2/c1-11(2)17(27)30-13-7-20(9-21,31-14(13)8-29-18(28)19(3,4)23)15-6-5-12-16(22)24-10-25-26(12)15;1-3(2)4(5)6/h5-6,10-11,13-14H,7-8,23H2,1-4H3,(H2,22,24,25);3H,1-2H3,(H,5,6). The summed E-state index contributed by atoms with van der Waals surface area (Å²) in [5.41, 5.74) is 9.85. The van der Waals surface area contributed by atoms with Crippen LogP contribution in [0, 0.1) is 23.2 Å². The number of nitrogen functional groups attached to an aromatic ring is 1. The van der Waals surface area contributed by atoms with Crippen molar-refractivity contribution in [1.82, 2.24) is 14.6 Å². The van der Waals surface area contributed by atoms with Crippen molar-refractivity contribution in [2.24, 2.45) is 17.6 Å². The number of esters is 2.